The first-order chi connectivity index (χ1) is 11.6. The van der Waals surface area contributed by atoms with Crippen molar-refractivity contribution in [1.29, 1.82) is 0 Å². The number of nitrogens with zero attached hydrogens (tertiary/aromatic N) is 1. The molecule has 0 radical (unpaired) electrons. The standard InChI is InChI=1S/C19H21FN4/c1-3-16-14(9-23-21)7-13(8-18(16)24-15-10-22-11-15)19-12(2)5-4-6-17(19)20/h3-9,15,22,24H,1,10-11,21H2,2H3/b23-9-. The Hall–Kier alpha value is -2.66. The second-order valence-electron chi connectivity index (χ2n) is 5.94. The molecule has 1 fully saturated rings. The molecule has 124 valence electrons. The number of nitrogens with two attached hydrogens (primary N) is 1. The Labute approximate surface area is 141 Å². The highest BCUT2D eigenvalue weighted by molar-refractivity contribution is 5.92. The SMILES string of the molecule is C=Cc1c(/C=N\N)cc(-c2c(C)cccc2F)cc1NC1CNC1. The average molecular weight is 324 g/mol. The summed E-state index contributed by atoms with van der Waals surface area (Å²) in [6, 6.07) is 9.30. The third-order valence-electron chi connectivity index (χ3n) is 4.28. The molecule has 0 aliphatic carbocycles. The summed E-state index contributed by atoms with van der Waals surface area (Å²) in [4.78, 5) is 0. The van der Waals surface area contributed by atoms with Gasteiger partial charge in [0.1, 0.15) is 5.82 Å². The number of hydrogen-bond acceptors (Lipinski definition) is 4. The predicted octanol–water partition coefficient (Wildman–Crippen LogP) is 3.12. The summed E-state index contributed by atoms with van der Waals surface area (Å²) >= 11 is 0. The molecule has 4 N–H and O–H groups in total. The van der Waals surface area contributed by atoms with Crippen LogP contribution in [-0.4, -0.2) is 25.3 Å². The van der Waals surface area contributed by atoms with E-state index in [9.17, 15) is 4.39 Å². The van der Waals surface area contributed by atoms with Crippen molar-refractivity contribution in [3.05, 3.63) is 59.4 Å². The number of hydrazone groups is 1. The molecule has 2 aromatic carbocycles. The smallest absolute Gasteiger partial charge is 0.131 e. The third kappa shape index (κ3) is 3.03. The normalized spacial score (nSPS) is 14.6. The Bertz CT molecular complexity index is 774. The van der Waals surface area contributed by atoms with Gasteiger partial charge in [-0.05, 0) is 36.2 Å². The van der Waals surface area contributed by atoms with Gasteiger partial charge in [-0.1, -0.05) is 24.8 Å². The Morgan fingerprint density at radius 1 is 1.38 bits per heavy atom. The molecule has 0 atom stereocenters. The predicted molar refractivity (Wildman–Crippen MR) is 98.7 cm³/mol. The second-order valence-corrected chi connectivity index (χ2v) is 5.94. The summed E-state index contributed by atoms with van der Waals surface area (Å²) in [5, 5.41) is 10.4. The van der Waals surface area contributed by atoms with Crippen molar-refractivity contribution in [3.8, 4) is 11.1 Å². The van der Waals surface area contributed by atoms with Gasteiger partial charge in [-0.25, -0.2) is 4.39 Å². The fraction of sp³-hybridized carbons (Fsp3) is 0.211. The van der Waals surface area contributed by atoms with E-state index in [1.165, 1.54) is 6.07 Å². The second kappa shape index (κ2) is 6.84. The lowest BCUT2D eigenvalue weighted by atomic mass is 9.94. The lowest BCUT2D eigenvalue weighted by Gasteiger charge is -2.30. The van der Waals surface area contributed by atoms with Crippen molar-refractivity contribution < 1.29 is 4.39 Å². The summed E-state index contributed by atoms with van der Waals surface area (Å²) in [6.45, 7) is 7.60. The van der Waals surface area contributed by atoms with Gasteiger partial charge in [0.05, 0.1) is 12.3 Å². The average Bonchev–Trinajstić information content (AvgIpc) is 2.51. The van der Waals surface area contributed by atoms with E-state index in [4.69, 9.17) is 5.84 Å². The third-order valence-corrected chi connectivity index (χ3v) is 4.28. The van der Waals surface area contributed by atoms with Crippen LogP contribution in [0, 0.1) is 12.7 Å². The first kappa shape index (κ1) is 16.2. The molecule has 3 rings (SSSR count). The van der Waals surface area contributed by atoms with Gasteiger partial charge in [-0.15, -0.1) is 0 Å². The monoisotopic (exact) mass is 324 g/mol. The Kier molecular flexibility index (Phi) is 4.62. The number of hydrogen-bond donors (Lipinski definition) is 3. The molecule has 0 bridgehead atoms. The van der Waals surface area contributed by atoms with E-state index in [-0.39, 0.29) is 5.82 Å². The van der Waals surface area contributed by atoms with Crippen molar-refractivity contribution in [2.75, 3.05) is 18.4 Å². The molecule has 1 aliphatic rings. The lowest BCUT2D eigenvalue weighted by molar-refractivity contribution is 0.472. The van der Waals surface area contributed by atoms with Crippen LogP contribution < -0.4 is 16.5 Å². The minimum atomic E-state index is -0.242. The number of aryl methyl sites for hydroxylation is 1. The minimum Gasteiger partial charge on any atom is -0.379 e. The summed E-state index contributed by atoms with van der Waals surface area (Å²) in [7, 11) is 0. The van der Waals surface area contributed by atoms with Crippen molar-refractivity contribution in [3.63, 3.8) is 0 Å². The molecule has 1 heterocycles. The van der Waals surface area contributed by atoms with E-state index in [1.54, 1.807) is 18.4 Å². The van der Waals surface area contributed by atoms with Gasteiger partial charge in [0.15, 0.2) is 0 Å². The van der Waals surface area contributed by atoms with Crippen LogP contribution in [-0.2, 0) is 0 Å². The topological polar surface area (TPSA) is 62.4 Å². The van der Waals surface area contributed by atoms with Gasteiger partial charge >= 0.3 is 0 Å². The lowest BCUT2D eigenvalue weighted by Crippen LogP contribution is -2.51. The van der Waals surface area contributed by atoms with Crippen LogP contribution in [0.25, 0.3) is 17.2 Å². The molecule has 0 aromatic heterocycles. The van der Waals surface area contributed by atoms with E-state index >= 15 is 0 Å². The maximum atomic E-state index is 14.4. The summed E-state index contributed by atoms with van der Waals surface area (Å²) in [5.74, 6) is 5.11. The van der Waals surface area contributed by atoms with Crippen LogP contribution in [0.15, 0.2) is 42.0 Å². The van der Waals surface area contributed by atoms with E-state index in [2.05, 4.69) is 22.3 Å². The van der Waals surface area contributed by atoms with E-state index < -0.39 is 0 Å². The number of halogens is 1. The van der Waals surface area contributed by atoms with E-state index in [0.29, 0.717) is 11.6 Å². The molecule has 1 saturated heterocycles. The van der Waals surface area contributed by atoms with Gasteiger partial charge in [0.25, 0.3) is 0 Å². The van der Waals surface area contributed by atoms with Crippen LogP contribution in [0.5, 0.6) is 0 Å². The van der Waals surface area contributed by atoms with E-state index in [0.717, 1.165) is 41.0 Å². The fourth-order valence-electron chi connectivity index (χ4n) is 2.96. The number of rotatable bonds is 5. The van der Waals surface area contributed by atoms with Gasteiger partial charge in [-0.2, -0.15) is 5.10 Å². The molecule has 0 unspecified atom stereocenters. The molecule has 24 heavy (non-hydrogen) atoms. The summed E-state index contributed by atoms with van der Waals surface area (Å²) in [5.41, 5.74) is 4.89. The maximum Gasteiger partial charge on any atom is 0.131 e. The zero-order chi connectivity index (χ0) is 17.1. The van der Waals surface area contributed by atoms with Crippen LogP contribution in [0.3, 0.4) is 0 Å². The molecule has 5 heteroatoms. The fourth-order valence-corrected chi connectivity index (χ4v) is 2.96. The highest BCUT2D eigenvalue weighted by Gasteiger charge is 2.19. The molecule has 0 amide bonds. The molecule has 0 saturated carbocycles. The molecule has 1 aliphatic heterocycles. The highest BCUT2D eigenvalue weighted by atomic mass is 19.1. The summed E-state index contributed by atoms with van der Waals surface area (Å²) < 4.78 is 14.4. The van der Waals surface area contributed by atoms with Crippen molar-refractivity contribution >= 4 is 18.0 Å². The van der Waals surface area contributed by atoms with Gasteiger partial charge < -0.3 is 16.5 Å². The van der Waals surface area contributed by atoms with Crippen LogP contribution in [0.2, 0.25) is 0 Å². The van der Waals surface area contributed by atoms with Gasteiger partial charge in [0, 0.05) is 35.5 Å². The first-order valence-corrected chi connectivity index (χ1v) is 7.90. The Balaban J connectivity index is 2.17. The van der Waals surface area contributed by atoms with Crippen molar-refractivity contribution in [1.82, 2.24) is 5.32 Å². The van der Waals surface area contributed by atoms with E-state index in [1.807, 2.05) is 25.1 Å². The van der Waals surface area contributed by atoms with Crippen molar-refractivity contribution in [2.45, 2.75) is 13.0 Å². The quantitative estimate of drug-likeness (QED) is 0.450. The van der Waals surface area contributed by atoms with Gasteiger partial charge in [0.2, 0.25) is 0 Å². The van der Waals surface area contributed by atoms with Crippen molar-refractivity contribution in [2.24, 2.45) is 10.9 Å². The maximum absolute atomic E-state index is 14.4. The minimum absolute atomic E-state index is 0.242. The number of benzene rings is 2. The Morgan fingerprint density at radius 3 is 2.75 bits per heavy atom. The zero-order valence-electron chi connectivity index (χ0n) is 13.6. The van der Waals surface area contributed by atoms with Crippen LogP contribution in [0.4, 0.5) is 10.1 Å². The van der Waals surface area contributed by atoms with Gasteiger partial charge in [-0.3, -0.25) is 0 Å². The molecular weight excluding hydrogens is 303 g/mol. The molecule has 0 spiro atoms. The molecule has 4 nitrogen and oxygen atoms in total. The van der Waals surface area contributed by atoms with Crippen LogP contribution >= 0.6 is 0 Å². The Morgan fingerprint density at radius 2 is 2.17 bits per heavy atom. The number of nitrogens with one attached hydrogen (secondary N) is 2. The largest absolute Gasteiger partial charge is 0.379 e. The molecular formula is C19H21FN4. The molecule has 2 aromatic rings. The highest BCUT2D eigenvalue weighted by Crippen LogP contribution is 2.33. The summed E-state index contributed by atoms with van der Waals surface area (Å²) in [6.07, 6.45) is 3.34. The van der Waals surface area contributed by atoms with Crippen LogP contribution in [0.1, 0.15) is 16.7 Å². The zero-order valence-corrected chi connectivity index (χ0v) is 13.6. The first-order valence-electron chi connectivity index (χ1n) is 7.90. The number of anilines is 1.